The minimum Gasteiger partial charge on any atom is -0.384 e. The number of para-hydroxylation sites is 1. The van der Waals surface area contributed by atoms with E-state index in [-0.39, 0.29) is 12.4 Å². The van der Waals surface area contributed by atoms with E-state index < -0.39 is 0 Å². The highest BCUT2D eigenvalue weighted by Crippen LogP contribution is 2.35. The van der Waals surface area contributed by atoms with E-state index in [1.54, 1.807) is 13.3 Å². The van der Waals surface area contributed by atoms with E-state index in [0.717, 1.165) is 33.6 Å². The zero-order valence-corrected chi connectivity index (χ0v) is 17.3. The van der Waals surface area contributed by atoms with E-state index in [1.165, 1.54) is 0 Å². The number of aromatic nitrogens is 4. The molecule has 0 bridgehead atoms. The highest BCUT2D eigenvalue weighted by Gasteiger charge is 2.18. The van der Waals surface area contributed by atoms with Crippen molar-refractivity contribution in [2.24, 2.45) is 0 Å². The van der Waals surface area contributed by atoms with E-state index in [0.29, 0.717) is 30.4 Å². The van der Waals surface area contributed by atoms with Gasteiger partial charge in [0.25, 0.3) is 5.89 Å². The summed E-state index contributed by atoms with van der Waals surface area (Å²) in [6.45, 7) is 4.54. The van der Waals surface area contributed by atoms with E-state index in [1.807, 2.05) is 37.3 Å². The van der Waals surface area contributed by atoms with Gasteiger partial charge in [-0.2, -0.15) is 4.98 Å². The predicted octanol–water partition coefficient (Wildman–Crippen LogP) is 4.65. The van der Waals surface area contributed by atoms with Crippen molar-refractivity contribution in [3.63, 3.8) is 0 Å². The first kappa shape index (κ1) is 20.7. The lowest BCUT2D eigenvalue weighted by molar-refractivity contribution is 0.199. The molecule has 0 saturated carbocycles. The largest absolute Gasteiger partial charge is 0.384 e. The van der Waals surface area contributed by atoms with Gasteiger partial charge in [-0.3, -0.25) is 0 Å². The molecule has 3 aromatic heterocycles. The summed E-state index contributed by atoms with van der Waals surface area (Å²) in [7, 11) is 1.65. The van der Waals surface area contributed by atoms with Crippen molar-refractivity contribution in [3.05, 3.63) is 59.7 Å². The lowest BCUT2D eigenvalue weighted by Crippen LogP contribution is -2.00. The first-order valence-corrected chi connectivity index (χ1v) is 9.06. The van der Waals surface area contributed by atoms with Crippen LogP contribution < -0.4 is 5.32 Å². The number of methoxy groups -OCH3 is 1. The van der Waals surface area contributed by atoms with Crippen LogP contribution in [0.1, 0.15) is 17.1 Å². The number of nitrogens with one attached hydrogen (secondary N) is 1. The molecule has 1 N–H and O–H groups in total. The maximum absolute atomic E-state index is 5.51. The Kier molecular flexibility index (Phi) is 6.41. The van der Waals surface area contributed by atoms with Crippen molar-refractivity contribution in [3.8, 4) is 11.5 Å². The molecule has 0 amide bonds. The van der Waals surface area contributed by atoms with E-state index in [9.17, 15) is 0 Å². The molecule has 0 aliphatic carbocycles. The van der Waals surface area contributed by atoms with Crippen LogP contribution in [0, 0.1) is 13.8 Å². The second kappa shape index (κ2) is 8.98. The van der Waals surface area contributed by atoms with Crippen molar-refractivity contribution >= 4 is 34.8 Å². The highest BCUT2D eigenvalue weighted by atomic mass is 35.5. The van der Waals surface area contributed by atoms with E-state index in [4.69, 9.17) is 9.26 Å². The number of fused-ring (bicyclic) bond motifs is 1. The average Bonchev–Trinajstić information content (AvgIpc) is 3.16. The van der Waals surface area contributed by atoms with E-state index >= 15 is 0 Å². The zero-order valence-electron chi connectivity index (χ0n) is 16.5. The number of aryl methyl sites for hydroxylation is 2. The first-order valence-electron chi connectivity index (χ1n) is 9.06. The summed E-state index contributed by atoms with van der Waals surface area (Å²) in [5.41, 5.74) is 5.28. The summed E-state index contributed by atoms with van der Waals surface area (Å²) in [6.07, 6.45) is 2.31. The van der Waals surface area contributed by atoms with Crippen LogP contribution in [0.4, 0.5) is 11.4 Å². The molecule has 4 rings (SSSR count). The molecular formula is C21H22ClN5O2. The maximum Gasteiger partial charge on any atom is 0.261 e. The molecule has 8 heteroatoms. The third-order valence-electron chi connectivity index (χ3n) is 4.50. The van der Waals surface area contributed by atoms with Gasteiger partial charge < -0.3 is 14.6 Å². The molecule has 1 aromatic carbocycles. The molecular weight excluding hydrogens is 390 g/mol. The lowest BCUT2D eigenvalue weighted by Gasteiger charge is -2.14. The second-order valence-corrected chi connectivity index (χ2v) is 6.57. The molecule has 0 radical (unpaired) electrons. The van der Waals surface area contributed by atoms with Crippen LogP contribution in [0.3, 0.4) is 0 Å². The van der Waals surface area contributed by atoms with Crippen molar-refractivity contribution in [1.82, 2.24) is 20.1 Å². The van der Waals surface area contributed by atoms with Crippen molar-refractivity contribution in [2.45, 2.75) is 20.3 Å². The van der Waals surface area contributed by atoms with Crippen molar-refractivity contribution in [2.75, 3.05) is 19.0 Å². The Morgan fingerprint density at radius 2 is 1.90 bits per heavy atom. The molecule has 7 nitrogen and oxygen atoms in total. The summed E-state index contributed by atoms with van der Waals surface area (Å²) in [5, 5.41) is 8.47. The zero-order chi connectivity index (χ0) is 19.5. The molecule has 0 atom stereocenters. The van der Waals surface area contributed by atoms with Crippen molar-refractivity contribution in [1.29, 1.82) is 0 Å². The van der Waals surface area contributed by atoms with Gasteiger partial charge in [-0.1, -0.05) is 23.4 Å². The average molecular weight is 412 g/mol. The Morgan fingerprint density at radius 1 is 1.07 bits per heavy atom. The molecule has 29 heavy (non-hydrogen) atoms. The van der Waals surface area contributed by atoms with Gasteiger partial charge in [0, 0.05) is 36.5 Å². The fraction of sp³-hybridized carbons (Fsp3) is 0.238. The number of benzene rings is 1. The van der Waals surface area contributed by atoms with Gasteiger partial charge in [-0.05, 0) is 37.6 Å². The van der Waals surface area contributed by atoms with Crippen LogP contribution in [0.2, 0.25) is 0 Å². The van der Waals surface area contributed by atoms with Gasteiger partial charge in [-0.25, -0.2) is 9.97 Å². The normalized spacial score (nSPS) is 10.7. The smallest absolute Gasteiger partial charge is 0.261 e. The standard InChI is InChI=1S/C21H21N5O2.ClH/c1-13-6-4-5-7-17(13)24-19-15-9-8-14(2)23-20(15)22-12-16(19)21-25-18(26-28-21)10-11-27-3;/h4-9,12H,10-11H2,1-3H3,(H,22,23,24);1H. The molecule has 0 aliphatic heterocycles. The third-order valence-corrected chi connectivity index (χ3v) is 4.50. The molecule has 0 aliphatic rings. The van der Waals surface area contributed by atoms with Crippen LogP contribution >= 0.6 is 12.4 Å². The van der Waals surface area contributed by atoms with Gasteiger partial charge in [0.15, 0.2) is 11.5 Å². The van der Waals surface area contributed by atoms with Crippen LogP contribution in [0.25, 0.3) is 22.5 Å². The number of hydrogen-bond donors (Lipinski definition) is 1. The van der Waals surface area contributed by atoms with Gasteiger partial charge in [0.05, 0.1) is 17.9 Å². The van der Waals surface area contributed by atoms with Crippen LogP contribution in [-0.4, -0.2) is 33.8 Å². The van der Waals surface area contributed by atoms with E-state index in [2.05, 4.69) is 38.4 Å². The topological polar surface area (TPSA) is 86.0 Å². The number of rotatable bonds is 6. The van der Waals surface area contributed by atoms with Crippen molar-refractivity contribution < 1.29 is 9.26 Å². The molecule has 0 saturated heterocycles. The number of anilines is 2. The summed E-state index contributed by atoms with van der Waals surface area (Å²) in [4.78, 5) is 13.6. The SMILES string of the molecule is COCCc1noc(-c2cnc3nc(C)ccc3c2Nc2ccccc2C)n1.Cl. The lowest BCUT2D eigenvalue weighted by atomic mass is 10.1. The minimum atomic E-state index is 0. The maximum atomic E-state index is 5.51. The number of ether oxygens (including phenoxy) is 1. The number of nitrogens with zero attached hydrogens (tertiary/aromatic N) is 4. The molecule has 0 unspecified atom stereocenters. The molecule has 0 spiro atoms. The fourth-order valence-electron chi connectivity index (χ4n) is 2.97. The Labute approximate surface area is 174 Å². The van der Waals surface area contributed by atoms with Gasteiger partial charge in [-0.15, -0.1) is 12.4 Å². The predicted molar refractivity (Wildman–Crippen MR) is 115 cm³/mol. The summed E-state index contributed by atoms with van der Waals surface area (Å²) in [5.74, 6) is 1.01. The number of pyridine rings is 2. The fourth-order valence-corrected chi connectivity index (χ4v) is 2.97. The second-order valence-electron chi connectivity index (χ2n) is 6.57. The Hall–Kier alpha value is -3.03. The van der Waals surface area contributed by atoms with Gasteiger partial charge >= 0.3 is 0 Å². The molecule has 3 heterocycles. The minimum absolute atomic E-state index is 0. The molecule has 0 fully saturated rings. The molecule has 150 valence electrons. The van der Waals surface area contributed by atoms with Gasteiger partial charge in [0.1, 0.15) is 0 Å². The van der Waals surface area contributed by atoms with Crippen LogP contribution in [-0.2, 0) is 11.2 Å². The molecule has 4 aromatic rings. The Balaban J connectivity index is 0.00000240. The Bertz CT molecular complexity index is 1130. The quantitative estimate of drug-likeness (QED) is 0.494. The number of hydrogen-bond acceptors (Lipinski definition) is 7. The monoisotopic (exact) mass is 411 g/mol. The summed E-state index contributed by atoms with van der Waals surface area (Å²) >= 11 is 0. The third kappa shape index (κ3) is 4.36. The van der Waals surface area contributed by atoms with Crippen LogP contribution in [0.15, 0.2) is 47.1 Å². The summed E-state index contributed by atoms with van der Waals surface area (Å²) < 4.78 is 10.6. The summed E-state index contributed by atoms with van der Waals surface area (Å²) in [6, 6.07) is 12.1. The highest BCUT2D eigenvalue weighted by molar-refractivity contribution is 5.98. The van der Waals surface area contributed by atoms with Crippen LogP contribution in [0.5, 0.6) is 0 Å². The Morgan fingerprint density at radius 3 is 2.69 bits per heavy atom. The first-order chi connectivity index (χ1) is 13.7. The van der Waals surface area contributed by atoms with Gasteiger partial charge in [0.2, 0.25) is 0 Å². The number of halogens is 1.